The third kappa shape index (κ3) is 3.14. The standard InChI is InChI=1S/C14H19Cl2NO2S/c1-2-9-3-6-12(17)14(7-9)20(18,19)13-8-10(15)4-5-11(13)16/h4-5,8-9,12,14H,2-3,6-7,17H2,1H3. The smallest absolute Gasteiger partial charge is 0.184 e. The van der Waals surface area contributed by atoms with Crippen LogP contribution in [-0.2, 0) is 9.84 Å². The van der Waals surface area contributed by atoms with Crippen LogP contribution >= 0.6 is 23.2 Å². The molecule has 6 heteroatoms. The van der Waals surface area contributed by atoms with Crippen LogP contribution in [-0.4, -0.2) is 19.7 Å². The largest absolute Gasteiger partial charge is 0.327 e. The fourth-order valence-corrected chi connectivity index (χ4v) is 5.58. The van der Waals surface area contributed by atoms with E-state index in [-0.39, 0.29) is 16.0 Å². The molecule has 3 nitrogen and oxygen atoms in total. The van der Waals surface area contributed by atoms with Crippen LogP contribution in [0.2, 0.25) is 10.0 Å². The quantitative estimate of drug-likeness (QED) is 0.916. The second-order valence-corrected chi connectivity index (χ2v) is 8.39. The first kappa shape index (κ1) is 16.1. The van der Waals surface area contributed by atoms with E-state index in [1.54, 1.807) is 6.07 Å². The van der Waals surface area contributed by atoms with Crippen molar-refractivity contribution in [1.29, 1.82) is 0 Å². The molecule has 0 aromatic heterocycles. The van der Waals surface area contributed by atoms with Crippen LogP contribution in [0.4, 0.5) is 0 Å². The Bertz CT molecular complexity index is 589. The highest BCUT2D eigenvalue weighted by Gasteiger charge is 2.38. The van der Waals surface area contributed by atoms with E-state index in [4.69, 9.17) is 28.9 Å². The molecule has 0 saturated heterocycles. The van der Waals surface area contributed by atoms with Crippen molar-refractivity contribution in [2.24, 2.45) is 11.7 Å². The zero-order chi connectivity index (χ0) is 14.9. The fourth-order valence-electron chi connectivity index (χ4n) is 2.82. The zero-order valence-corrected chi connectivity index (χ0v) is 13.7. The Morgan fingerprint density at radius 2 is 2.00 bits per heavy atom. The van der Waals surface area contributed by atoms with Crippen LogP contribution in [0.25, 0.3) is 0 Å². The average molecular weight is 336 g/mol. The number of sulfone groups is 1. The molecule has 0 amide bonds. The number of rotatable bonds is 3. The van der Waals surface area contributed by atoms with Gasteiger partial charge in [0.05, 0.1) is 15.2 Å². The van der Waals surface area contributed by atoms with E-state index in [0.717, 1.165) is 19.3 Å². The van der Waals surface area contributed by atoms with Crippen molar-refractivity contribution in [2.75, 3.05) is 0 Å². The minimum absolute atomic E-state index is 0.101. The molecule has 1 aliphatic carbocycles. The van der Waals surface area contributed by atoms with E-state index >= 15 is 0 Å². The summed E-state index contributed by atoms with van der Waals surface area (Å²) >= 11 is 11.9. The van der Waals surface area contributed by atoms with Crippen LogP contribution in [0.15, 0.2) is 23.1 Å². The monoisotopic (exact) mass is 335 g/mol. The van der Waals surface area contributed by atoms with Crippen molar-refractivity contribution >= 4 is 33.0 Å². The van der Waals surface area contributed by atoms with Gasteiger partial charge < -0.3 is 5.73 Å². The molecule has 0 spiro atoms. The van der Waals surface area contributed by atoms with Gasteiger partial charge in [-0.15, -0.1) is 0 Å². The van der Waals surface area contributed by atoms with E-state index in [0.29, 0.717) is 17.4 Å². The summed E-state index contributed by atoms with van der Waals surface area (Å²) in [4.78, 5) is 0.101. The van der Waals surface area contributed by atoms with Gasteiger partial charge in [-0.05, 0) is 43.4 Å². The minimum atomic E-state index is -3.55. The molecule has 20 heavy (non-hydrogen) atoms. The molecule has 1 aromatic carbocycles. The maximum Gasteiger partial charge on any atom is 0.184 e. The van der Waals surface area contributed by atoms with Gasteiger partial charge in [0.1, 0.15) is 0 Å². The molecule has 2 N–H and O–H groups in total. The molecule has 0 radical (unpaired) electrons. The summed E-state index contributed by atoms with van der Waals surface area (Å²) in [6.07, 6.45) is 3.30. The molecule has 1 fully saturated rings. The molecular formula is C14H19Cl2NO2S. The van der Waals surface area contributed by atoms with Gasteiger partial charge in [-0.2, -0.15) is 0 Å². The lowest BCUT2D eigenvalue weighted by Gasteiger charge is -2.33. The third-order valence-corrected chi connectivity index (χ3v) is 7.09. The Morgan fingerprint density at radius 3 is 2.65 bits per heavy atom. The number of halogens is 2. The minimum Gasteiger partial charge on any atom is -0.327 e. The average Bonchev–Trinajstić information content (AvgIpc) is 2.41. The lowest BCUT2D eigenvalue weighted by atomic mass is 9.84. The van der Waals surface area contributed by atoms with Crippen molar-refractivity contribution < 1.29 is 8.42 Å². The number of nitrogens with two attached hydrogens (primary N) is 1. The second kappa shape index (κ2) is 6.22. The third-order valence-electron chi connectivity index (χ3n) is 4.13. The lowest BCUT2D eigenvalue weighted by molar-refractivity contribution is 0.319. The van der Waals surface area contributed by atoms with Crippen LogP contribution < -0.4 is 5.73 Å². The Labute approximate surface area is 130 Å². The first-order valence-electron chi connectivity index (χ1n) is 6.80. The SMILES string of the molecule is CCC1CCC(N)C(S(=O)(=O)c2cc(Cl)ccc2Cl)C1. The van der Waals surface area contributed by atoms with Gasteiger partial charge in [0.25, 0.3) is 0 Å². The molecule has 3 unspecified atom stereocenters. The maximum absolute atomic E-state index is 12.8. The van der Waals surface area contributed by atoms with Crippen molar-refractivity contribution in [3.05, 3.63) is 28.2 Å². The van der Waals surface area contributed by atoms with Crippen LogP contribution in [0.1, 0.15) is 32.6 Å². The number of benzene rings is 1. The molecular weight excluding hydrogens is 317 g/mol. The highest BCUT2D eigenvalue weighted by molar-refractivity contribution is 7.92. The molecule has 1 saturated carbocycles. The van der Waals surface area contributed by atoms with Crippen LogP contribution in [0.3, 0.4) is 0 Å². The topological polar surface area (TPSA) is 60.2 Å². The molecule has 0 aliphatic heterocycles. The predicted molar refractivity (Wildman–Crippen MR) is 83.0 cm³/mol. The van der Waals surface area contributed by atoms with Crippen molar-refractivity contribution in [3.63, 3.8) is 0 Å². The van der Waals surface area contributed by atoms with E-state index in [1.807, 2.05) is 0 Å². The summed E-state index contributed by atoms with van der Waals surface area (Å²) in [6.45, 7) is 2.08. The van der Waals surface area contributed by atoms with Crippen molar-refractivity contribution in [2.45, 2.75) is 48.8 Å². The number of hydrogen-bond donors (Lipinski definition) is 1. The van der Waals surface area contributed by atoms with Gasteiger partial charge in [0, 0.05) is 11.1 Å². The Morgan fingerprint density at radius 1 is 1.30 bits per heavy atom. The summed E-state index contributed by atoms with van der Waals surface area (Å²) in [6, 6.07) is 4.18. The van der Waals surface area contributed by atoms with E-state index in [2.05, 4.69) is 6.92 Å². The van der Waals surface area contributed by atoms with E-state index in [1.165, 1.54) is 12.1 Å². The highest BCUT2D eigenvalue weighted by Crippen LogP contribution is 2.36. The molecule has 1 aliphatic rings. The summed E-state index contributed by atoms with van der Waals surface area (Å²) in [5, 5.41) is 0.00165. The Hall–Kier alpha value is -0.290. The first-order valence-corrected chi connectivity index (χ1v) is 9.11. The first-order chi connectivity index (χ1) is 9.36. The second-order valence-electron chi connectivity index (χ2n) is 5.41. The zero-order valence-electron chi connectivity index (χ0n) is 11.4. The molecule has 0 heterocycles. The van der Waals surface area contributed by atoms with Gasteiger partial charge in [-0.3, -0.25) is 0 Å². The lowest BCUT2D eigenvalue weighted by Crippen LogP contribution is -2.45. The van der Waals surface area contributed by atoms with E-state index in [9.17, 15) is 8.42 Å². The van der Waals surface area contributed by atoms with Gasteiger partial charge >= 0.3 is 0 Å². The van der Waals surface area contributed by atoms with Crippen molar-refractivity contribution in [1.82, 2.24) is 0 Å². The van der Waals surface area contributed by atoms with Gasteiger partial charge in [-0.25, -0.2) is 8.42 Å². The molecule has 0 bridgehead atoms. The molecule has 1 aromatic rings. The molecule has 3 atom stereocenters. The Balaban J connectivity index is 2.40. The highest BCUT2D eigenvalue weighted by atomic mass is 35.5. The van der Waals surface area contributed by atoms with Gasteiger partial charge in [0.15, 0.2) is 9.84 Å². The van der Waals surface area contributed by atoms with Crippen LogP contribution in [0.5, 0.6) is 0 Å². The normalized spacial score (nSPS) is 27.5. The summed E-state index contributed by atoms with van der Waals surface area (Å²) in [5.74, 6) is 0.410. The molecule has 2 rings (SSSR count). The fraction of sp³-hybridized carbons (Fsp3) is 0.571. The summed E-state index contributed by atoms with van der Waals surface area (Å²) in [5.41, 5.74) is 6.05. The Kier molecular flexibility index (Phi) is 5.00. The predicted octanol–water partition coefficient (Wildman–Crippen LogP) is 3.67. The van der Waals surface area contributed by atoms with Gasteiger partial charge in [-0.1, -0.05) is 36.5 Å². The van der Waals surface area contributed by atoms with E-state index < -0.39 is 15.1 Å². The summed E-state index contributed by atoms with van der Waals surface area (Å²) < 4.78 is 25.6. The molecule has 112 valence electrons. The van der Waals surface area contributed by atoms with Crippen LogP contribution in [0, 0.1) is 5.92 Å². The van der Waals surface area contributed by atoms with Gasteiger partial charge in [0.2, 0.25) is 0 Å². The van der Waals surface area contributed by atoms with Crippen molar-refractivity contribution in [3.8, 4) is 0 Å². The maximum atomic E-state index is 12.8. The number of hydrogen-bond acceptors (Lipinski definition) is 3. The summed E-state index contributed by atoms with van der Waals surface area (Å²) in [7, 11) is -3.55.